The molecule has 134 valence electrons. The molecule has 25 heavy (non-hydrogen) atoms. The number of nitrogens with one attached hydrogen (secondary N) is 1. The Morgan fingerprint density at radius 3 is 2.68 bits per heavy atom. The number of halogens is 2. The Kier molecular flexibility index (Phi) is 5.22. The molecule has 0 amide bonds. The molecule has 0 aliphatic carbocycles. The second kappa shape index (κ2) is 7.23. The summed E-state index contributed by atoms with van der Waals surface area (Å²) in [6.07, 6.45) is 3.33. The zero-order valence-corrected chi connectivity index (χ0v) is 15.4. The predicted molar refractivity (Wildman–Crippen MR) is 100 cm³/mol. The third-order valence-electron chi connectivity index (χ3n) is 4.65. The summed E-state index contributed by atoms with van der Waals surface area (Å²) in [5.41, 5.74) is 5.62. The van der Waals surface area contributed by atoms with Gasteiger partial charge in [0, 0.05) is 13.1 Å². The zero-order chi connectivity index (χ0) is 18.0. The number of aromatic amines is 1. The van der Waals surface area contributed by atoms with Crippen LogP contribution in [-0.4, -0.2) is 29.6 Å². The van der Waals surface area contributed by atoms with E-state index in [1.165, 1.54) is 6.20 Å². The number of H-pyrrole nitrogens is 1. The van der Waals surface area contributed by atoms with Gasteiger partial charge >= 0.3 is 0 Å². The fourth-order valence-corrected chi connectivity index (χ4v) is 3.08. The molecule has 6 nitrogen and oxygen atoms in total. The molecule has 1 saturated heterocycles. The molecule has 1 fully saturated rings. The second-order valence-corrected chi connectivity index (χ2v) is 7.34. The molecule has 8 heteroatoms. The van der Waals surface area contributed by atoms with Gasteiger partial charge < -0.3 is 15.4 Å². The lowest BCUT2D eigenvalue weighted by molar-refractivity contribution is 0.257. The van der Waals surface area contributed by atoms with Crippen molar-refractivity contribution >= 4 is 29.2 Å². The van der Waals surface area contributed by atoms with E-state index in [2.05, 4.69) is 21.8 Å². The van der Waals surface area contributed by atoms with Crippen LogP contribution in [-0.2, 0) is 0 Å². The quantitative estimate of drug-likeness (QED) is 0.845. The van der Waals surface area contributed by atoms with E-state index in [1.807, 2.05) is 0 Å². The number of nitrogens with two attached hydrogens (primary N) is 1. The van der Waals surface area contributed by atoms with Gasteiger partial charge in [-0.15, -0.1) is 0 Å². The number of hydrogen-bond acceptors (Lipinski definition) is 5. The summed E-state index contributed by atoms with van der Waals surface area (Å²) in [6.45, 7) is 4.46. The Morgan fingerprint density at radius 1 is 1.32 bits per heavy atom. The number of nitrogens with zero attached hydrogens (tertiary/aromatic N) is 2. The van der Waals surface area contributed by atoms with Gasteiger partial charge in [-0.3, -0.25) is 9.78 Å². The zero-order valence-electron chi connectivity index (χ0n) is 13.9. The number of anilines is 1. The number of ether oxygens (including phenoxy) is 1. The average molecular weight is 383 g/mol. The molecule has 1 aliphatic rings. The molecule has 0 bridgehead atoms. The monoisotopic (exact) mass is 382 g/mol. The molecule has 2 heterocycles. The molecular formula is C17H20Cl2N4O2. The van der Waals surface area contributed by atoms with Crippen LogP contribution in [0.2, 0.25) is 10.0 Å². The van der Waals surface area contributed by atoms with Gasteiger partial charge in [-0.2, -0.15) is 0 Å². The highest BCUT2D eigenvalue weighted by atomic mass is 35.5. The maximum absolute atomic E-state index is 12.3. The maximum Gasteiger partial charge on any atom is 0.295 e. The minimum atomic E-state index is -0.367. The highest BCUT2D eigenvalue weighted by Gasteiger charge is 2.29. The van der Waals surface area contributed by atoms with E-state index in [0.717, 1.165) is 25.9 Å². The van der Waals surface area contributed by atoms with Crippen molar-refractivity contribution in [3.63, 3.8) is 0 Å². The van der Waals surface area contributed by atoms with Crippen molar-refractivity contribution in [3.05, 3.63) is 44.8 Å². The normalized spacial score (nSPS) is 16.7. The first-order valence-electron chi connectivity index (χ1n) is 8.08. The Morgan fingerprint density at radius 2 is 2.04 bits per heavy atom. The molecule has 3 rings (SSSR count). The fourth-order valence-electron chi connectivity index (χ4n) is 2.75. The average Bonchev–Trinajstić information content (AvgIpc) is 2.61. The van der Waals surface area contributed by atoms with Crippen molar-refractivity contribution in [2.24, 2.45) is 11.1 Å². The first kappa shape index (κ1) is 18.0. The van der Waals surface area contributed by atoms with Crippen LogP contribution in [0.5, 0.6) is 11.5 Å². The maximum atomic E-state index is 12.3. The van der Waals surface area contributed by atoms with Gasteiger partial charge in [0.1, 0.15) is 10.8 Å². The van der Waals surface area contributed by atoms with Gasteiger partial charge in [0.05, 0.1) is 11.2 Å². The summed E-state index contributed by atoms with van der Waals surface area (Å²) >= 11 is 12.0. The van der Waals surface area contributed by atoms with Crippen LogP contribution in [0.3, 0.4) is 0 Å². The number of piperidine rings is 1. The van der Waals surface area contributed by atoms with Gasteiger partial charge in [-0.25, -0.2) is 4.98 Å². The molecule has 3 N–H and O–H groups in total. The Balaban J connectivity index is 1.76. The van der Waals surface area contributed by atoms with Crippen LogP contribution in [0.25, 0.3) is 0 Å². The van der Waals surface area contributed by atoms with Gasteiger partial charge in [-0.05, 0) is 36.9 Å². The third-order valence-corrected chi connectivity index (χ3v) is 5.45. The van der Waals surface area contributed by atoms with E-state index in [0.29, 0.717) is 23.3 Å². The van der Waals surface area contributed by atoms with Crippen molar-refractivity contribution in [1.82, 2.24) is 9.97 Å². The van der Waals surface area contributed by atoms with Crippen LogP contribution < -0.4 is 20.9 Å². The SMILES string of the molecule is CC1(CN)CCN(c2ncc(Oc3cccc(Cl)c3Cl)c(=O)[nH]2)CC1. The largest absolute Gasteiger partial charge is 0.448 e. The second-order valence-electron chi connectivity index (χ2n) is 6.56. The standard InChI is InChI=1S/C17H20Cl2N4O2/c1-17(10-20)5-7-23(8-6-17)16-21-9-13(15(24)22-16)25-12-4-2-3-11(18)14(12)19/h2-4,9H,5-8,10,20H2,1H3,(H,21,22,24). The molecule has 1 aromatic heterocycles. The molecule has 0 atom stereocenters. The molecule has 1 aromatic carbocycles. The van der Waals surface area contributed by atoms with E-state index in [4.69, 9.17) is 33.7 Å². The molecule has 1 aliphatic heterocycles. The summed E-state index contributed by atoms with van der Waals surface area (Å²) in [7, 11) is 0. The van der Waals surface area contributed by atoms with E-state index >= 15 is 0 Å². The Labute approximate surface area is 155 Å². The Hall–Kier alpha value is -1.76. The van der Waals surface area contributed by atoms with Crippen molar-refractivity contribution in [3.8, 4) is 11.5 Å². The number of rotatable bonds is 4. The van der Waals surface area contributed by atoms with Crippen LogP contribution in [0.15, 0.2) is 29.2 Å². The topological polar surface area (TPSA) is 84.2 Å². The highest BCUT2D eigenvalue weighted by Crippen LogP contribution is 2.34. The molecule has 2 aromatic rings. The van der Waals surface area contributed by atoms with Gasteiger partial charge in [-0.1, -0.05) is 36.2 Å². The van der Waals surface area contributed by atoms with E-state index in [-0.39, 0.29) is 21.7 Å². The fraction of sp³-hybridized carbons (Fsp3) is 0.412. The number of benzene rings is 1. The highest BCUT2D eigenvalue weighted by molar-refractivity contribution is 6.42. The minimum absolute atomic E-state index is 0.0664. The molecule has 0 saturated carbocycles. The number of hydrogen-bond donors (Lipinski definition) is 2. The lowest BCUT2D eigenvalue weighted by Gasteiger charge is -2.38. The van der Waals surface area contributed by atoms with Gasteiger partial charge in [0.15, 0.2) is 0 Å². The van der Waals surface area contributed by atoms with Gasteiger partial charge in [0.2, 0.25) is 11.7 Å². The summed E-state index contributed by atoms with van der Waals surface area (Å²) < 4.78 is 5.56. The smallest absolute Gasteiger partial charge is 0.295 e. The minimum Gasteiger partial charge on any atom is -0.448 e. The molecule has 0 radical (unpaired) electrons. The molecular weight excluding hydrogens is 363 g/mol. The van der Waals surface area contributed by atoms with Gasteiger partial charge in [0.25, 0.3) is 5.56 Å². The Bertz CT molecular complexity index is 817. The van der Waals surface area contributed by atoms with Crippen LogP contribution in [0, 0.1) is 5.41 Å². The summed E-state index contributed by atoms with van der Waals surface area (Å²) in [4.78, 5) is 21.5. The summed E-state index contributed by atoms with van der Waals surface area (Å²) in [6, 6.07) is 4.98. The lowest BCUT2D eigenvalue weighted by atomic mass is 9.81. The first-order chi connectivity index (χ1) is 11.9. The van der Waals surface area contributed by atoms with Crippen LogP contribution >= 0.6 is 23.2 Å². The van der Waals surface area contributed by atoms with Crippen molar-refractivity contribution in [1.29, 1.82) is 0 Å². The summed E-state index contributed by atoms with van der Waals surface area (Å²) in [5, 5.41) is 0.612. The number of aromatic nitrogens is 2. The van der Waals surface area contributed by atoms with E-state index in [1.54, 1.807) is 18.2 Å². The molecule has 0 spiro atoms. The van der Waals surface area contributed by atoms with E-state index < -0.39 is 0 Å². The summed E-state index contributed by atoms with van der Waals surface area (Å²) in [5.74, 6) is 0.913. The van der Waals surface area contributed by atoms with Crippen LogP contribution in [0.1, 0.15) is 19.8 Å². The van der Waals surface area contributed by atoms with E-state index in [9.17, 15) is 4.79 Å². The first-order valence-corrected chi connectivity index (χ1v) is 8.84. The molecule has 0 unspecified atom stereocenters. The van der Waals surface area contributed by atoms with Crippen LogP contribution in [0.4, 0.5) is 5.95 Å². The lowest BCUT2D eigenvalue weighted by Crippen LogP contribution is -2.43. The van der Waals surface area contributed by atoms with Crippen molar-refractivity contribution in [2.75, 3.05) is 24.5 Å². The third kappa shape index (κ3) is 3.92. The van der Waals surface area contributed by atoms with Crippen molar-refractivity contribution in [2.45, 2.75) is 19.8 Å². The predicted octanol–water partition coefficient (Wildman–Crippen LogP) is 3.43. The van der Waals surface area contributed by atoms with Crippen molar-refractivity contribution < 1.29 is 4.74 Å².